The molecule has 22 heavy (non-hydrogen) atoms. The molecule has 1 saturated carbocycles. The fourth-order valence-electron chi connectivity index (χ4n) is 2.36. The van der Waals surface area contributed by atoms with Gasteiger partial charge >= 0.3 is 0 Å². The van der Waals surface area contributed by atoms with Crippen LogP contribution in [0.4, 0.5) is 5.69 Å². The molecule has 2 fully saturated rings. The normalized spacial score (nSPS) is 21.3. The van der Waals surface area contributed by atoms with Gasteiger partial charge in [-0.1, -0.05) is 6.07 Å². The number of nitrogens with zero attached hydrogens (tertiary/aromatic N) is 1. The third kappa shape index (κ3) is 2.75. The van der Waals surface area contributed by atoms with Crippen molar-refractivity contribution in [2.24, 2.45) is 0 Å². The van der Waals surface area contributed by atoms with Crippen molar-refractivity contribution in [3.05, 3.63) is 23.8 Å². The first kappa shape index (κ1) is 15.4. The fourth-order valence-corrected chi connectivity index (χ4v) is 5.38. The highest BCUT2D eigenvalue weighted by Gasteiger charge is 2.37. The zero-order valence-corrected chi connectivity index (χ0v) is 13.6. The molecule has 1 aromatic carbocycles. The standard InChI is InChI=1S/C13H16N2O5S2/c1-9-2-5-11(15-13(16)6-7-21(15,17)18)8-12(9)22(19,20)14-10-3-4-10/h2,5,8,10,14H,3-4,6-7H2,1H3. The van der Waals surface area contributed by atoms with Gasteiger partial charge in [0.15, 0.2) is 0 Å². The zero-order valence-electron chi connectivity index (χ0n) is 11.9. The number of carbonyl (C=O) groups excluding carboxylic acids is 1. The number of benzene rings is 1. The molecule has 0 aromatic heterocycles. The Kier molecular flexibility index (Phi) is 3.54. The molecule has 120 valence electrons. The summed E-state index contributed by atoms with van der Waals surface area (Å²) in [6, 6.07) is 4.16. The van der Waals surface area contributed by atoms with E-state index in [0.29, 0.717) is 9.87 Å². The van der Waals surface area contributed by atoms with Crippen LogP contribution in [0, 0.1) is 6.92 Å². The van der Waals surface area contributed by atoms with Crippen molar-refractivity contribution < 1.29 is 21.6 Å². The zero-order chi connectivity index (χ0) is 16.1. The molecule has 1 aromatic rings. The predicted molar refractivity (Wildman–Crippen MR) is 80.4 cm³/mol. The highest BCUT2D eigenvalue weighted by atomic mass is 32.2. The Morgan fingerprint density at radius 3 is 2.50 bits per heavy atom. The first-order valence-electron chi connectivity index (χ1n) is 6.89. The lowest BCUT2D eigenvalue weighted by atomic mass is 10.2. The van der Waals surface area contributed by atoms with Gasteiger partial charge in [-0.2, -0.15) is 0 Å². The largest absolute Gasteiger partial charge is 0.273 e. The third-order valence-electron chi connectivity index (χ3n) is 3.67. The van der Waals surface area contributed by atoms with Gasteiger partial charge in [0, 0.05) is 12.5 Å². The van der Waals surface area contributed by atoms with Crippen LogP contribution in [-0.4, -0.2) is 34.5 Å². The molecule has 0 unspecified atom stereocenters. The van der Waals surface area contributed by atoms with Gasteiger partial charge in [0.1, 0.15) is 0 Å². The van der Waals surface area contributed by atoms with Gasteiger partial charge in [0.2, 0.25) is 26.0 Å². The Morgan fingerprint density at radius 2 is 1.95 bits per heavy atom. The summed E-state index contributed by atoms with van der Waals surface area (Å²) in [6.07, 6.45) is 1.52. The van der Waals surface area contributed by atoms with E-state index < -0.39 is 26.0 Å². The van der Waals surface area contributed by atoms with E-state index in [1.54, 1.807) is 6.92 Å². The first-order chi connectivity index (χ1) is 10.2. The molecule has 1 heterocycles. The van der Waals surface area contributed by atoms with E-state index >= 15 is 0 Å². The maximum atomic E-state index is 12.3. The molecule has 7 nitrogen and oxygen atoms in total. The summed E-state index contributed by atoms with van der Waals surface area (Å²) >= 11 is 0. The first-order valence-corrected chi connectivity index (χ1v) is 9.99. The summed E-state index contributed by atoms with van der Waals surface area (Å²) in [7, 11) is -7.42. The summed E-state index contributed by atoms with van der Waals surface area (Å²) in [5, 5.41) is 0. The number of sulfonamides is 2. The van der Waals surface area contributed by atoms with Gasteiger partial charge in [-0.15, -0.1) is 0 Å². The third-order valence-corrected chi connectivity index (χ3v) is 7.03. The number of aryl methyl sites for hydroxylation is 1. The average molecular weight is 344 g/mol. The minimum Gasteiger partial charge on any atom is -0.273 e. The van der Waals surface area contributed by atoms with E-state index in [1.807, 2.05) is 0 Å². The van der Waals surface area contributed by atoms with E-state index in [9.17, 15) is 21.6 Å². The smallest absolute Gasteiger partial charge is 0.242 e. The van der Waals surface area contributed by atoms with Crippen molar-refractivity contribution in [1.29, 1.82) is 0 Å². The minimum absolute atomic E-state index is 0.00630. The van der Waals surface area contributed by atoms with Gasteiger partial charge in [-0.05, 0) is 37.5 Å². The summed E-state index contributed by atoms with van der Waals surface area (Å²) < 4.78 is 51.8. The number of carbonyl (C=O) groups is 1. The number of nitrogens with one attached hydrogen (secondary N) is 1. The maximum Gasteiger partial charge on any atom is 0.242 e. The molecule has 0 bridgehead atoms. The molecule has 1 aliphatic heterocycles. The van der Waals surface area contributed by atoms with E-state index in [-0.39, 0.29) is 28.8 Å². The SMILES string of the molecule is Cc1ccc(N2C(=O)CCS2(=O)=O)cc1S(=O)(=O)NC1CC1. The Bertz CT molecular complexity index is 841. The van der Waals surface area contributed by atoms with Gasteiger partial charge in [0.05, 0.1) is 16.3 Å². The van der Waals surface area contributed by atoms with Crippen molar-refractivity contribution in [2.75, 3.05) is 10.1 Å². The highest BCUT2D eigenvalue weighted by Crippen LogP contribution is 2.30. The van der Waals surface area contributed by atoms with Crippen molar-refractivity contribution in [2.45, 2.75) is 37.1 Å². The molecule has 2 aliphatic rings. The van der Waals surface area contributed by atoms with E-state index in [0.717, 1.165) is 12.8 Å². The second-order valence-corrected chi connectivity index (χ2v) is 9.19. The Hall–Kier alpha value is -1.45. The van der Waals surface area contributed by atoms with Crippen LogP contribution in [0.25, 0.3) is 0 Å². The highest BCUT2D eigenvalue weighted by molar-refractivity contribution is 7.94. The van der Waals surface area contributed by atoms with Gasteiger partial charge < -0.3 is 0 Å². The molecule has 0 spiro atoms. The van der Waals surface area contributed by atoms with Gasteiger partial charge in [-0.3, -0.25) is 4.79 Å². The van der Waals surface area contributed by atoms with Crippen LogP contribution in [0.15, 0.2) is 23.1 Å². The molecule has 0 radical (unpaired) electrons. The van der Waals surface area contributed by atoms with Crippen LogP contribution in [0.2, 0.25) is 0 Å². The maximum absolute atomic E-state index is 12.3. The summed E-state index contributed by atoms with van der Waals surface area (Å²) in [6.45, 7) is 1.63. The molecule has 1 aliphatic carbocycles. The quantitative estimate of drug-likeness (QED) is 0.857. The van der Waals surface area contributed by atoms with Crippen LogP contribution in [0.1, 0.15) is 24.8 Å². The minimum atomic E-state index is -3.72. The lowest BCUT2D eigenvalue weighted by Gasteiger charge is -2.17. The molecule has 1 saturated heterocycles. The van der Waals surface area contributed by atoms with Crippen LogP contribution in [0.3, 0.4) is 0 Å². The Labute approximate surface area is 129 Å². The van der Waals surface area contributed by atoms with E-state index in [2.05, 4.69) is 4.72 Å². The van der Waals surface area contributed by atoms with Crippen molar-refractivity contribution in [3.63, 3.8) is 0 Å². The predicted octanol–water partition coefficient (Wildman–Crippen LogP) is 0.502. The lowest BCUT2D eigenvalue weighted by molar-refractivity contribution is -0.116. The number of amides is 1. The molecular formula is C13H16N2O5S2. The summed E-state index contributed by atoms with van der Waals surface area (Å²) in [5.74, 6) is -0.787. The average Bonchev–Trinajstić information content (AvgIpc) is 3.16. The van der Waals surface area contributed by atoms with Gasteiger partial charge in [0.25, 0.3) is 0 Å². The lowest BCUT2D eigenvalue weighted by Crippen LogP contribution is -2.30. The summed E-state index contributed by atoms with van der Waals surface area (Å²) in [4.78, 5) is 11.8. The number of anilines is 1. The summed E-state index contributed by atoms with van der Waals surface area (Å²) in [5.41, 5.74) is 0.574. The molecule has 3 rings (SSSR count). The van der Waals surface area contributed by atoms with Crippen molar-refractivity contribution in [1.82, 2.24) is 4.72 Å². The monoisotopic (exact) mass is 344 g/mol. The van der Waals surface area contributed by atoms with Crippen molar-refractivity contribution in [3.8, 4) is 0 Å². The molecule has 0 atom stereocenters. The second kappa shape index (κ2) is 5.04. The molecular weight excluding hydrogens is 328 g/mol. The molecule has 9 heteroatoms. The Balaban J connectivity index is 2.05. The number of rotatable bonds is 4. The second-order valence-electron chi connectivity index (χ2n) is 5.57. The van der Waals surface area contributed by atoms with Gasteiger partial charge in [-0.25, -0.2) is 25.9 Å². The van der Waals surface area contributed by atoms with Crippen molar-refractivity contribution >= 4 is 31.6 Å². The van der Waals surface area contributed by atoms with E-state index in [1.165, 1.54) is 18.2 Å². The fraction of sp³-hybridized carbons (Fsp3) is 0.462. The van der Waals surface area contributed by atoms with Crippen LogP contribution in [0.5, 0.6) is 0 Å². The number of hydrogen-bond acceptors (Lipinski definition) is 5. The topological polar surface area (TPSA) is 101 Å². The van der Waals surface area contributed by atoms with Crippen LogP contribution < -0.4 is 9.03 Å². The molecule has 1 amide bonds. The van der Waals surface area contributed by atoms with Crippen LogP contribution in [-0.2, 0) is 24.8 Å². The molecule has 1 N–H and O–H groups in total. The van der Waals surface area contributed by atoms with Crippen LogP contribution >= 0.6 is 0 Å². The number of hydrogen-bond donors (Lipinski definition) is 1. The van der Waals surface area contributed by atoms with E-state index in [4.69, 9.17) is 0 Å². The Morgan fingerprint density at radius 1 is 1.27 bits per heavy atom.